The van der Waals surface area contributed by atoms with Crippen molar-refractivity contribution in [2.45, 2.75) is 63.6 Å². The highest BCUT2D eigenvalue weighted by atomic mass is 35.5. The monoisotopic (exact) mass is 518 g/mol. The van der Waals surface area contributed by atoms with Gasteiger partial charge in [-0.2, -0.15) is 5.26 Å². The predicted octanol–water partition coefficient (Wildman–Crippen LogP) is 4.42. The second-order valence-corrected chi connectivity index (χ2v) is 11.6. The Morgan fingerprint density at radius 3 is 2.57 bits per heavy atom. The van der Waals surface area contributed by atoms with Crippen LogP contribution in [0.25, 0.3) is 0 Å². The van der Waals surface area contributed by atoms with Crippen molar-refractivity contribution in [1.82, 2.24) is 0 Å². The van der Waals surface area contributed by atoms with Crippen LogP contribution in [0.5, 0.6) is 5.75 Å². The summed E-state index contributed by atoms with van der Waals surface area (Å²) in [5.41, 5.74) is 0.199. The Balaban J connectivity index is 2.03. The van der Waals surface area contributed by atoms with Crippen molar-refractivity contribution in [2.24, 2.45) is 0 Å². The van der Waals surface area contributed by atoms with Crippen LogP contribution in [-0.4, -0.2) is 38.4 Å². The van der Waals surface area contributed by atoms with Gasteiger partial charge in [0.05, 0.1) is 34.1 Å². The van der Waals surface area contributed by atoms with E-state index in [0.717, 1.165) is 0 Å². The van der Waals surface area contributed by atoms with E-state index < -0.39 is 27.7 Å². The molecule has 35 heavy (non-hydrogen) atoms. The molecule has 10 heteroatoms. The molecule has 0 aliphatic carbocycles. The average molecular weight is 519 g/mol. The minimum Gasteiger partial charge on any atom is -0.486 e. The van der Waals surface area contributed by atoms with E-state index in [-0.39, 0.29) is 46.3 Å². The zero-order valence-electron chi connectivity index (χ0n) is 20.0. The maximum absolute atomic E-state index is 13.7. The molecule has 1 aliphatic heterocycles. The summed E-state index contributed by atoms with van der Waals surface area (Å²) >= 11 is 6.00. The summed E-state index contributed by atoms with van der Waals surface area (Å²) in [4.78, 5) is 23.7. The molecule has 0 radical (unpaired) electrons. The van der Waals surface area contributed by atoms with E-state index >= 15 is 0 Å². The second-order valence-electron chi connectivity index (χ2n) is 9.34. The van der Waals surface area contributed by atoms with Crippen molar-refractivity contribution in [3.8, 4) is 11.8 Å². The maximum atomic E-state index is 13.7. The van der Waals surface area contributed by atoms with E-state index in [0.29, 0.717) is 17.7 Å². The number of sulfonamides is 1. The maximum Gasteiger partial charge on any atom is 0.310 e. The topological polar surface area (TPSA) is 114 Å². The number of Topliss-reactive ketones (excluding diaryl/α,β-unsaturated/α-hetero) is 1. The highest BCUT2D eigenvalue weighted by molar-refractivity contribution is 7.92. The molecular formula is C25H27ClN2O6S. The number of esters is 1. The van der Waals surface area contributed by atoms with Crippen LogP contribution in [0.3, 0.4) is 0 Å². The third-order valence-corrected chi connectivity index (χ3v) is 7.29. The molecule has 0 spiro atoms. The van der Waals surface area contributed by atoms with Gasteiger partial charge >= 0.3 is 5.97 Å². The highest BCUT2D eigenvalue weighted by Gasteiger charge is 2.35. The predicted molar refractivity (Wildman–Crippen MR) is 131 cm³/mol. The molecule has 2 aromatic rings. The van der Waals surface area contributed by atoms with Gasteiger partial charge < -0.3 is 14.3 Å². The highest BCUT2D eigenvalue weighted by Crippen LogP contribution is 2.39. The number of hydrogen-bond acceptors (Lipinski definition) is 7. The summed E-state index contributed by atoms with van der Waals surface area (Å²) in [6, 6.07) is 10.7. The summed E-state index contributed by atoms with van der Waals surface area (Å²) in [6.07, 6.45) is -0.0268. The molecule has 0 bridgehead atoms. The molecule has 0 unspecified atom stereocenters. The third kappa shape index (κ3) is 6.53. The van der Waals surface area contributed by atoms with Crippen molar-refractivity contribution in [3.63, 3.8) is 0 Å². The van der Waals surface area contributed by atoms with Crippen molar-refractivity contribution in [1.29, 1.82) is 5.26 Å². The first-order valence-electron chi connectivity index (χ1n) is 11.0. The number of anilines is 1. The Labute approximate surface area is 210 Å². The Morgan fingerprint density at radius 2 is 1.94 bits per heavy atom. The van der Waals surface area contributed by atoms with E-state index in [9.17, 15) is 23.3 Å². The van der Waals surface area contributed by atoms with Gasteiger partial charge in [-0.15, -0.1) is 0 Å². The fourth-order valence-corrected chi connectivity index (χ4v) is 5.32. The van der Waals surface area contributed by atoms with E-state index in [1.807, 2.05) is 6.07 Å². The minimum absolute atomic E-state index is 0.0297. The number of halogens is 1. The van der Waals surface area contributed by atoms with E-state index in [1.165, 1.54) is 29.4 Å². The van der Waals surface area contributed by atoms with Crippen LogP contribution in [-0.2, 0) is 30.8 Å². The molecule has 2 aromatic carbocycles. The number of nitriles is 1. The minimum atomic E-state index is -4.13. The number of ether oxygens (including phenoxy) is 2. The first kappa shape index (κ1) is 26.5. The van der Waals surface area contributed by atoms with Gasteiger partial charge in [-0.3, -0.25) is 9.10 Å². The fraction of sp³-hybridized carbons (Fsp3) is 0.400. The molecule has 0 aromatic heterocycles. The lowest BCUT2D eigenvalue weighted by Gasteiger charge is -2.36. The van der Waals surface area contributed by atoms with Crippen LogP contribution >= 0.6 is 11.6 Å². The number of carbonyl (C=O) groups is 2. The molecule has 0 amide bonds. The third-order valence-electron chi connectivity index (χ3n) is 5.19. The Kier molecular flexibility index (Phi) is 7.77. The van der Waals surface area contributed by atoms with Crippen molar-refractivity contribution in [2.75, 3.05) is 10.8 Å². The van der Waals surface area contributed by atoms with Crippen molar-refractivity contribution >= 4 is 39.1 Å². The number of carbonyl (C=O) groups excluding carboxylic acids is 2. The Hall–Kier alpha value is -3.09. The molecule has 0 saturated heterocycles. The van der Waals surface area contributed by atoms with Gasteiger partial charge in [-0.1, -0.05) is 17.7 Å². The zero-order valence-corrected chi connectivity index (χ0v) is 21.6. The Bertz CT molecular complexity index is 1290. The lowest BCUT2D eigenvalue weighted by molar-refractivity contribution is -0.153. The van der Waals surface area contributed by atoms with Crippen LogP contribution in [0.15, 0.2) is 41.3 Å². The van der Waals surface area contributed by atoms with Crippen LogP contribution in [0.1, 0.15) is 51.7 Å². The Morgan fingerprint density at radius 1 is 1.23 bits per heavy atom. The standard InChI is InChI=1S/C25H27ClN2O6S/c1-16(29)5-7-19-15-28(35(31,32)20-8-9-21(26)18(13-20)14-27)22-11-17(6-10-23(22)33-19)12-24(30)34-25(2,3)4/h6,8-11,13,19H,5,7,12,15H2,1-4H3/t19-/m0/s1. The molecule has 8 nitrogen and oxygen atoms in total. The largest absolute Gasteiger partial charge is 0.486 e. The smallest absolute Gasteiger partial charge is 0.310 e. The summed E-state index contributed by atoms with van der Waals surface area (Å²) in [7, 11) is -4.13. The van der Waals surface area contributed by atoms with Crippen LogP contribution in [0.2, 0.25) is 5.02 Å². The molecule has 1 aliphatic rings. The van der Waals surface area contributed by atoms with Gasteiger partial charge in [0.15, 0.2) is 0 Å². The van der Waals surface area contributed by atoms with Gasteiger partial charge in [0.25, 0.3) is 10.0 Å². The zero-order chi connectivity index (χ0) is 26.0. The van der Waals surface area contributed by atoms with Gasteiger partial charge in [0.2, 0.25) is 0 Å². The molecule has 1 atom stereocenters. The van der Waals surface area contributed by atoms with E-state index in [4.69, 9.17) is 21.1 Å². The van der Waals surface area contributed by atoms with Crippen LogP contribution in [0.4, 0.5) is 5.69 Å². The summed E-state index contributed by atoms with van der Waals surface area (Å²) in [5, 5.41) is 9.45. The normalized spacial score (nSPS) is 15.5. The molecule has 0 fully saturated rings. The number of benzene rings is 2. The van der Waals surface area contributed by atoms with Gasteiger partial charge in [-0.25, -0.2) is 8.42 Å². The summed E-state index contributed by atoms with van der Waals surface area (Å²) in [5.74, 6) is -0.159. The van der Waals surface area contributed by atoms with E-state index in [2.05, 4.69) is 0 Å². The summed E-state index contributed by atoms with van der Waals surface area (Å²) < 4.78 is 40.0. The lowest BCUT2D eigenvalue weighted by Crippen LogP contribution is -2.43. The quantitative estimate of drug-likeness (QED) is 0.498. The molecular weight excluding hydrogens is 492 g/mol. The molecule has 186 valence electrons. The summed E-state index contributed by atoms with van der Waals surface area (Å²) in [6.45, 7) is 6.72. The number of rotatable bonds is 7. The van der Waals surface area contributed by atoms with Crippen LogP contribution < -0.4 is 9.04 Å². The fourth-order valence-electron chi connectivity index (χ4n) is 3.63. The van der Waals surface area contributed by atoms with E-state index in [1.54, 1.807) is 39.0 Å². The number of fused-ring (bicyclic) bond motifs is 1. The number of nitrogens with zero attached hydrogens (tertiary/aromatic N) is 2. The van der Waals surface area contributed by atoms with Crippen molar-refractivity contribution in [3.05, 3.63) is 52.5 Å². The molecule has 3 rings (SSSR count). The molecule has 0 saturated carbocycles. The number of hydrogen-bond donors (Lipinski definition) is 0. The van der Waals surface area contributed by atoms with Gasteiger partial charge in [0.1, 0.15) is 29.3 Å². The SMILES string of the molecule is CC(=O)CC[C@H]1CN(S(=O)(=O)c2ccc(Cl)c(C#N)c2)c2cc(CC(=O)OC(C)(C)C)ccc2O1. The molecule has 1 heterocycles. The first-order valence-corrected chi connectivity index (χ1v) is 12.9. The van der Waals surface area contributed by atoms with Gasteiger partial charge in [0, 0.05) is 6.42 Å². The van der Waals surface area contributed by atoms with Crippen molar-refractivity contribution < 1.29 is 27.5 Å². The van der Waals surface area contributed by atoms with Gasteiger partial charge in [-0.05, 0) is 70.0 Å². The number of ketones is 1. The average Bonchev–Trinajstić information content (AvgIpc) is 2.76. The second kappa shape index (κ2) is 10.3. The first-order chi connectivity index (χ1) is 16.3. The molecule has 0 N–H and O–H groups in total. The van der Waals surface area contributed by atoms with Crippen LogP contribution in [0, 0.1) is 11.3 Å². The lowest BCUT2D eigenvalue weighted by atomic mass is 10.1.